The Labute approximate surface area is 612 Å². The molecule has 0 spiro atoms. The number of hydrogen-bond acceptors (Lipinski definition) is 20. The van der Waals surface area contributed by atoms with Crippen molar-refractivity contribution >= 4 is 99.9 Å². The lowest BCUT2D eigenvalue weighted by Gasteiger charge is -2.43. The van der Waals surface area contributed by atoms with E-state index in [9.17, 15) is 43.2 Å². The lowest BCUT2D eigenvalue weighted by molar-refractivity contribution is -0.220. The minimum Gasteiger partial charge on any atom is -0.481 e. The maximum absolute atomic E-state index is 13.2. The van der Waals surface area contributed by atoms with Crippen LogP contribution in [0.5, 0.6) is 0 Å². The van der Waals surface area contributed by atoms with Crippen LogP contribution in [0.25, 0.3) is 0 Å². The van der Waals surface area contributed by atoms with Crippen LogP contribution in [0.15, 0.2) is 133 Å². The number of alkyl halides is 1. The molecule has 3 amide bonds. The van der Waals surface area contributed by atoms with E-state index >= 15 is 0 Å². The first-order chi connectivity index (χ1) is 48.8. The Morgan fingerprint density at radius 2 is 0.775 bits per heavy atom. The van der Waals surface area contributed by atoms with Crippen molar-refractivity contribution < 1.29 is 101 Å². The zero-order valence-corrected chi connectivity index (χ0v) is 60.6. The van der Waals surface area contributed by atoms with Crippen molar-refractivity contribution in [2.24, 2.45) is 17.8 Å². The number of carbonyl (C=O) groups is 9. The molecule has 2 aliphatic heterocycles. The van der Waals surface area contributed by atoms with Gasteiger partial charge in [-0.25, -0.2) is 14.4 Å². The number of aliphatic carboxylic acids is 1. The maximum atomic E-state index is 13.2. The van der Waals surface area contributed by atoms with Crippen molar-refractivity contribution in [3.63, 3.8) is 0 Å². The molecule has 0 aromatic heterocycles. The van der Waals surface area contributed by atoms with Crippen LogP contribution in [0.3, 0.4) is 0 Å². The molecule has 2 saturated heterocycles. The number of hydrogen-bond donors (Lipinski definition) is 3. The van der Waals surface area contributed by atoms with Gasteiger partial charge < -0.3 is 58.0 Å². The quantitative estimate of drug-likeness (QED) is 0.0318. The molecule has 3 unspecified atom stereocenters. The van der Waals surface area contributed by atoms with Crippen molar-refractivity contribution in [3.8, 4) is 0 Å². The summed E-state index contributed by atoms with van der Waals surface area (Å²) in [5, 5.41) is 28.1. The monoisotopic (exact) mass is 1490 g/mol. The highest BCUT2D eigenvalue weighted by Crippen LogP contribution is 2.46. The third-order valence-corrected chi connectivity index (χ3v) is 19.3. The van der Waals surface area contributed by atoms with Gasteiger partial charge in [-0.2, -0.15) is 0 Å². The molecule has 3 N–H and O–H groups in total. The molecule has 5 aromatic rings. The van der Waals surface area contributed by atoms with Crippen LogP contribution < -0.4 is 0 Å². The number of aliphatic hydroxyl groups is 2. The van der Waals surface area contributed by atoms with E-state index in [0.29, 0.717) is 70.3 Å². The number of carboxylic acid groups (broad SMARTS) is 1. The topological polar surface area (TPSA) is 307 Å². The first-order valence-corrected chi connectivity index (χ1v) is 35.1. The number of likely N-dealkylation sites (N-methyl/N-ethyl adjacent to an activating group) is 3. The molecule has 5 fully saturated rings. The fourth-order valence-electron chi connectivity index (χ4n) is 12.7. The molecule has 3 aliphatic carbocycles. The van der Waals surface area contributed by atoms with E-state index in [1.54, 1.807) is 80.7 Å². The summed E-state index contributed by atoms with van der Waals surface area (Å²) in [6.45, 7) is 3.78. The van der Waals surface area contributed by atoms with Crippen LogP contribution in [0, 0.1) is 17.8 Å². The second-order valence-electron chi connectivity index (χ2n) is 24.9. The second-order valence-corrected chi connectivity index (χ2v) is 26.7. The molecule has 5 aromatic carbocycles. The third kappa shape index (κ3) is 20.1. The lowest BCUT2D eigenvalue weighted by atomic mass is 9.74. The van der Waals surface area contributed by atoms with Gasteiger partial charge in [-0.1, -0.05) is 162 Å². The van der Waals surface area contributed by atoms with E-state index in [-0.39, 0.29) is 43.8 Å². The Bertz CT molecular complexity index is 3650. The average molecular weight is 1500 g/mol. The van der Waals surface area contributed by atoms with Gasteiger partial charge in [-0.05, 0) is 82.9 Å². The normalized spacial score (nSPS) is 23.4. The fraction of sp³-hybridized carbons (Fsp3) is 0.473. The number of halogens is 4. The van der Waals surface area contributed by atoms with Gasteiger partial charge in [0.1, 0.15) is 34.4 Å². The number of amides is 3. The van der Waals surface area contributed by atoms with Crippen LogP contribution in [0.1, 0.15) is 138 Å². The SMILES string of the molecule is CC(Cl)OC(=O)N(C)[C@]1(c2ccccc2Cl)CCCCC1=O.CC(OC(=O)C(CO)CO)OC(=O)N(C)[C@]1(c2ccccc2Cl)CCCCC1=O.CC(OC(=O)C1COC(c2ccccc2)OC1)OC(=O)N(C)[C@]1(c2ccccc2Cl)CCCCC1=O.O=C(O)C1COC(c2ccccc2)OC1. The van der Waals surface area contributed by atoms with Gasteiger partial charge >= 0.3 is 36.2 Å². The summed E-state index contributed by atoms with van der Waals surface area (Å²) < 4.78 is 48.0. The highest BCUT2D eigenvalue weighted by Gasteiger charge is 2.52. The first-order valence-electron chi connectivity index (χ1n) is 33.5. The van der Waals surface area contributed by atoms with E-state index in [1.807, 2.05) is 66.7 Å². The largest absolute Gasteiger partial charge is 0.481 e. The van der Waals surface area contributed by atoms with Gasteiger partial charge in [0.2, 0.25) is 12.6 Å². The molecule has 3 saturated carbocycles. The van der Waals surface area contributed by atoms with E-state index in [1.165, 1.54) is 42.6 Å². The van der Waals surface area contributed by atoms with Gasteiger partial charge in [0.15, 0.2) is 35.5 Å². The van der Waals surface area contributed by atoms with Crippen molar-refractivity contribution in [1.82, 2.24) is 14.7 Å². The summed E-state index contributed by atoms with van der Waals surface area (Å²) in [5.74, 6) is -4.95. The lowest BCUT2D eigenvalue weighted by Crippen LogP contribution is -2.55. The van der Waals surface area contributed by atoms with Crippen molar-refractivity contribution in [2.75, 3.05) is 60.8 Å². The van der Waals surface area contributed by atoms with E-state index in [2.05, 4.69) is 0 Å². The number of carboxylic acids is 1. The molecule has 0 radical (unpaired) electrons. The molecule has 102 heavy (non-hydrogen) atoms. The summed E-state index contributed by atoms with van der Waals surface area (Å²) in [6.07, 6.45) is 1.32. The van der Waals surface area contributed by atoms with Gasteiger partial charge in [-0.15, -0.1) is 0 Å². The van der Waals surface area contributed by atoms with E-state index in [0.717, 1.165) is 49.7 Å². The number of aliphatic hydroxyl groups excluding tert-OH is 2. The van der Waals surface area contributed by atoms with Gasteiger partial charge in [-0.3, -0.25) is 43.5 Å². The van der Waals surface area contributed by atoms with Crippen LogP contribution in [0.2, 0.25) is 15.1 Å². The Kier molecular flexibility index (Phi) is 30.9. The number of ether oxygens (including phenoxy) is 9. The highest BCUT2D eigenvalue weighted by molar-refractivity contribution is 6.32. The number of ketones is 3. The first kappa shape index (κ1) is 81.5. The number of benzene rings is 5. The van der Waals surface area contributed by atoms with Gasteiger partial charge in [0.25, 0.3) is 0 Å². The molecule has 28 heteroatoms. The van der Waals surface area contributed by atoms with Crippen molar-refractivity contribution in [2.45, 2.75) is 145 Å². The molecule has 552 valence electrons. The van der Waals surface area contributed by atoms with Crippen LogP contribution in [0.4, 0.5) is 14.4 Å². The molecular formula is C74H87Cl4N3O21. The Balaban J connectivity index is 0.000000199. The molecular weight excluding hydrogens is 1410 g/mol. The molecule has 10 rings (SSSR count). The molecule has 5 aliphatic rings. The smallest absolute Gasteiger partial charge is 0.413 e. The number of rotatable bonds is 18. The Morgan fingerprint density at radius 1 is 0.461 bits per heavy atom. The average Bonchev–Trinajstić information content (AvgIpc) is 0.765. The van der Waals surface area contributed by atoms with Crippen LogP contribution in [-0.4, -0.2) is 162 Å². The van der Waals surface area contributed by atoms with Crippen molar-refractivity contribution in [3.05, 3.63) is 176 Å². The van der Waals surface area contributed by atoms with Crippen LogP contribution >= 0.6 is 46.4 Å². The number of esters is 2. The number of Topliss-reactive ketones (excluding diaryl/α,β-unsaturated/α-hetero) is 3. The minimum atomic E-state index is -1.28. The van der Waals surface area contributed by atoms with Crippen LogP contribution in [-0.2, 0) is 88.0 Å². The van der Waals surface area contributed by atoms with E-state index < -0.39 is 114 Å². The summed E-state index contributed by atoms with van der Waals surface area (Å²) >= 11 is 24.8. The molecule has 2 heterocycles. The zero-order valence-electron chi connectivity index (χ0n) is 57.6. The van der Waals surface area contributed by atoms with Gasteiger partial charge in [0, 0.05) is 97.1 Å². The molecule has 6 atom stereocenters. The summed E-state index contributed by atoms with van der Waals surface area (Å²) in [6, 6.07) is 39.9. The standard InChI is InChI=1S/C27H30ClNO7.C20H26ClNO7.C16H19Cl2NO3.C11H12O4/c1-18(35-24(31)20-16-33-25(34-17-20)19-10-4-3-5-11-19)36-26(32)29(2)27(15-9-8-14-23(27)30)21-12-6-7-13-22(21)28;1-13(28-18(26)14(11-23)12-24)29-19(27)22(2)20(10-6-5-9-17(20)25)15-7-3-4-8-16(15)21;1-11(17)22-15(21)19(2)16(10-6-5-9-14(16)20)12-7-3-4-8-13(12)18;12-10(13)9-6-14-11(15-7-9)8-4-2-1-3-5-8/h3-7,10-13,18,20,25H,8-9,14-17H2,1-2H3;3-4,7-8,13-14,23-24H,5-6,9-12H2,1-2H3;3-4,7-8,11H,5-6,9-10H2,1-2H3;1-5,9,11H,6-7H2,(H,12,13)/t18?,20?,25?,27-;13?,20-;11?,16-;/m000./s1. The summed E-state index contributed by atoms with van der Waals surface area (Å²) in [7, 11) is 4.53. The van der Waals surface area contributed by atoms with Gasteiger partial charge in [0.05, 0.1) is 39.6 Å². The predicted octanol–water partition coefficient (Wildman–Crippen LogP) is 13.0. The summed E-state index contributed by atoms with van der Waals surface area (Å²) in [5.41, 5.74) is -0.855. The number of nitrogens with zero attached hydrogens (tertiary/aromatic N) is 3. The van der Waals surface area contributed by atoms with E-state index in [4.69, 9.17) is 104 Å². The molecule has 24 nitrogen and oxygen atoms in total. The molecule has 0 bridgehead atoms. The summed E-state index contributed by atoms with van der Waals surface area (Å²) in [4.78, 5) is 116. The predicted molar refractivity (Wildman–Crippen MR) is 373 cm³/mol. The highest BCUT2D eigenvalue weighted by atomic mass is 35.5. The minimum absolute atomic E-state index is 0.0199. The Morgan fingerprint density at radius 3 is 1.09 bits per heavy atom. The second kappa shape index (κ2) is 38.7. The zero-order chi connectivity index (χ0) is 74.3. The maximum Gasteiger partial charge on any atom is 0.413 e. The van der Waals surface area contributed by atoms with Crippen molar-refractivity contribution in [1.29, 1.82) is 0 Å². The number of carbonyl (C=O) groups excluding carboxylic acids is 8. The Hall–Kier alpha value is -7.75. The third-order valence-electron chi connectivity index (χ3n) is 18.2. The fourth-order valence-corrected chi connectivity index (χ4v) is 13.6.